The van der Waals surface area contributed by atoms with Crippen molar-refractivity contribution in [1.82, 2.24) is 24.8 Å². The van der Waals surface area contributed by atoms with E-state index < -0.39 is 0 Å². The molecule has 200 valence electrons. The largest absolute Gasteiger partial charge is 0.381 e. The fraction of sp³-hybridized carbons (Fsp3) is 0.448. The number of imidazole rings is 1. The van der Waals surface area contributed by atoms with E-state index in [2.05, 4.69) is 44.2 Å². The van der Waals surface area contributed by atoms with Crippen molar-refractivity contribution in [3.63, 3.8) is 0 Å². The number of pyridine rings is 1. The molecule has 38 heavy (non-hydrogen) atoms. The summed E-state index contributed by atoms with van der Waals surface area (Å²) in [5.41, 5.74) is 3.46. The first-order valence-electron chi connectivity index (χ1n) is 13.8. The minimum atomic E-state index is -0.336. The summed E-state index contributed by atoms with van der Waals surface area (Å²) in [5.74, 6) is 0.681. The summed E-state index contributed by atoms with van der Waals surface area (Å²) in [4.78, 5) is 29.4. The van der Waals surface area contributed by atoms with E-state index in [4.69, 9.17) is 4.98 Å². The quantitative estimate of drug-likeness (QED) is 0.262. The smallest absolute Gasteiger partial charge is 0.261 e. The zero-order chi connectivity index (χ0) is 26.2. The molecule has 0 radical (unpaired) electrons. The second kappa shape index (κ2) is 10.4. The van der Waals surface area contributed by atoms with Crippen molar-refractivity contribution in [1.29, 1.82) is 0 Å². The number of benzene rings is 2. The Balaban J connectivity index is 1.43. The normalized spacial score (nSPS) is 21.0. The van der Waals surface area contributed by atoms with Crippen LogP contribution in [-0.2, 0) is 0 Å². The standard InChI is InChI=1S/C29H36FN7O/c1-3-36(4-2)14-11-31-24-16-23-19(15-20(24)30)27(32-25-17-37-12-9-18(25)10-13-37)26(29(38)35-23)28-33-21-7-5-6-8-22(21)34-28/h5-8,15-16,18,25,31H,3-4,9-14,17H2,1-2H3,(H,33,34)(H2,32,35,38)/t25-/m0/s1. The second-order valence-electron chi connectivity index (χ2n) is 10.5. The molecule has 1 atom stereocenters. The number of piperidine rings is 3. The Hall–Kier alpha value is -3.43. The van der Waals surface area contributed by atoms with Gasteiger partial charge in [0.05, 0.1) is 27.9 Å². The highest BCUT2D eigenvalue weighted by Crippen LogP contribution is 2.37. The monoisotopic (exact) mass is 517 g/mol. The molecule has 3 fully saturated rings. The van der Waals surface area contributed by atoms with E-state index in [1.807, 2.05) is 24.3 Å². The van der Waals surface area contributed by atoms with Gasteiger partial charge in [-0.15, -0.1) is 0 Å². The molecule has 3 aliphatic heterocycles. The van der Waals surface area contributed by atoms with Gasteiger partial charge in [-0.25, -0.2) is 9.37 Å². The molecule has 4 N–H and O–H groups in total. The lowest BCUT2D eigenvalue weighted by Gasteiger charge is -2.45. The Bertz CT molecular complexity index is 1470. The Kier molecular flexibility index (Phi) is 6.80. The second-order valence-corrected chi connectivity index (χ2v) is 10.5. The summed E-state index contributed by atoms with van der Waals surface area (Å²) >= 11 is 0. The average molecular weight is 518 g/mol. The molecule has 0 aliphatic carbocycles. The van der Waals surface area contributed by atoms with Gasteiger partial charge in [-0.05, 0) is 69.2 Å². The van der Waals surface area contributed by atoms with Crippen LogP contribution in [0.3, 0.4) is 0 Å². The van der Waals surface area contributed by atoms with Crippen LogP contribution in [0.4, 0.5) is 15.8 Å². The fourth-order valence-corrected chi connectivity index (χ4v) is 6.10. The number of halogens is 1. The van der Waals surface area contributed by atoms with Crippen molar-refractivity contribution < 1.29 is 4.39 Å². The molecule has 0 spiro atoms. The number of likely N-dealkylation sites (N-methyl/N-ethyl adjacent to an activating group) is 1. The van der Waals surface area contributed by atoms with Crippen molar-refractivity contribution in [2.75, 3.05) is 56.4 Å². The average Bonchev–Trinajstić information content (AvgIpc) is 3.36. The SMILES string of the molecule is CCN(CC)CCNc1cc2[nH]c(=O)c(-c3nc4ccccc4[nH]3)c(N[C@H]3CN4CCC3CC4)c2cc1F. The van der Waals surface area contributed by atoms with E-state index >= 15 is 4.39 Å². The topological polar surface area (TPSA) is 92.1 Å². The van der Waals surface area contributed by atoms with Gasteiger partial charge in [0.2, 0.25) is 0 Å². The summed E-state index contributed by atoms with van der Waals surface area (Å²) < 4.78 is 15.5. The van der Waals surface area contributed by atoms with Crippen LogP contribution in [0.5, 0.6) is 0 Å². The van der Waals surface area contributed by atoms with E-state index in [0.717, 1.165) is 63.1 Å². The number of hydrogen-bond acceptors (Lipinski definition) is 6. The number of H-pyrrole nitrogens is 2. The third kappa shape index (κ3) is 4.65. The molecular formula is C29H36FN7O. The first-order valence-corrected chi connectivity index (χ1v) is 13.8. The van der Waals surface area contributed by atoms with Crippen LogP contribution >= 0.6 is 0 Å². The van der Waals surface area contributed by atoms with Crippen molar-refractivity contribution in [2.24, 2.45) is 5.92 Å². The lowest BCUT2D eigenvalue weighted by molar-refractivity contribution is 0.0976. The molecule has 2 aromatic heterocycles. The summed E-state index contributed by atoms with van der Waals surface area (Å²) in [5, 5.41) is 7.59. The molecule has 7 rings (SSSR count). The van der Waals surface area contributed by atoms with E-state index in [-0.39, 0.29) is 17.4 Å². The van der Waals surface area contributed by atoms with Crippen LogP contribution < -0.4 is 16.2 Å². The Morgan fingerprint density at radius 3 is 2.61 bits per heavy atom. The first-order chi connectivity index (χ1) is 18.5. The van der Waals surface area contributed by atoms with Crippen LogP contribution in [0.2, 0.25) is 0 Å². The van der Waals surface area contributed by atoms with Gasteiger partial charge in [0.15, 0.2) is 0 Å². The third-order valence-corrected chi connectivity index (χ3v) is 8.35. The molecule has 2 aromatic carbocycles. The lowest BCUT2D eigenvalue weighted by Crippen LogP contribution is -2.53. The first kappa shape index (κ1) is 24.9. The van der Waals surface area contributed by atoms with E-state index in [1.54, 1.807) is 12.1 Å². The van der Waals surface area contributed by atoms with Crippen molar-refractivity contribution in [2.45, 2.75) is 32.7 Å². The molecule has 9 heteroatoms. The van der Waals surface area contributed by atoms with Gasteiger partial charge in [-0.3, -0.25) is 4.79 Å². The number of hydrogen-bond donors (Lipinski definition) is 4. The fourth-order valence-electron chi connectivity index (χ4n) is 6.10. The zero-order valence-electron chi connectivity index (χ0n) is 22.1. The molecule has 0 amide bonds. The van der Waals surface area contributed by atoms with E-state index in [9.17, 15) is 4.79 Å². The maximum Gasteiger partial charge on any atom is 0.261 e. The zero-order valence-corrected chi connectivity index (χ0v) is 22.1. The van der Waals surface area contributed by atoms with Crippen LogP contribution in [0.15, 0.2) is 41.2 Å². The van der Waals surface area contributed by atoms with Gasteiger partial charge >= 0.3 is 0 Å². The molecule has 3 saturated heterocycles. The number of fused-ring (bicyclic) bond motifs is 5. The molecule has 8 nitrogen and oxygen atoms in total. The van der Waals surface area contributed by atoms with Crippen LogP contribution in [0.1, 0.15) is 26.7 Å². The highest BCUT2D eigenvalue weighted by Gasteiger charge is 2.35. The number of aromatic nitrogens is 3. The maximum absolute atomic E-state index is 15.5. The third-order valence-electron chi connectivity index (χ3n) is 8.35. The number of para-hydroxylation sites is 2. The number of rotatable bonds is 9. The number of aromatic amines is 2. The molecule has 5 heterocycles. The van der Waals surface area contributed by atoms with Crippen LogP contribution in [0.25, 0.3) is 33.3 Å². The van der Waals surface area contributed by atoms with Gasteiger partial charge in [0.1, 0.15) is 17.2 Å². The van der Waals surface area contributed by atoms with Crippen LogP contribution in [-0.4, -0.2) is 76.6 Å². The van der Waals surface area contributed by atoms with E-state index in [1.165, 1.54) is 0 Å². The minimum absolute atomic E-state index is 0.195. The van der Waals surface area contributed by atoms with Gasteiger partial charge in [0.25, 0.3) is 5.56 Å². The number of nitrogens with one attached hydrogen (secondary N) is 4. The van der Waals surface area contributed by atoms with Gasteiger partial charge in [0, 0.05) is 31.1 Å². The Morgan fingerprint density at radius 2 is 1.89 bits per heavy atom. The predicted molar refractivity (Wildman–Crippen MR) is 152 cm³/mol. The summed E-state index contributed by atoms with van der Waals surface area (Å²) in [6.45, 7) is 10.7. The molecule has 0 unspecified atom stereocenters. The van der Waals surface area contributed by atoms with Crippen molar-refractivity contribution in [3.8, 4) is 11.4 Å². The Morgan fingerprint density at radius 1 is 1.11 bits per heavy atom. The maximum atomic E-state index is 15.5. The summed E-state index contributed by atoms with van der Waals surface area (Å²) in [6, 6.07) is 11.2. The molecular weight excluding hydrogens is 481 g/mol. The molecule has 2 bridgehead atoms. The van der Waals surface area contributed by atoms with Gasteiger partial charge in [-0.2, -0.15) is 0 Å². The molecule has 3 aliphatic rings. The van der Waals surface area contributed by atoms with Gasteiger partial charge in [-0.1, -0.05) is 26.0 Å². The highest BCUT2D eigenvalue weighted by molar-refractivity contribution is 6.00. The van der Waals surface area contributed by atoms with Crippen LogP contribution in [0, 0.1) is 11.7 Å². The summed E-state index contributed by atoms with van der Waals surface area (Å²) in [6.07, 6.45) is 2.27. The minimum Gasteiger partial charge on any atom is -0.381 e. The summed E-state index contributed by atoms with van der Waals surface area (Å²) in [7, 11) is 0. The highest BCUT2D eigenvalue weighted by atomic mass is 19.1. The van der Waals surface area contributed by atoms with Crippen molar-refractivity contribution >= 4 is 33.3 Å². The number of anilines is 2. The van der Waals surface area contributed by atoms with Gasteiger partial charge < -0.3 is 30.4 Å². The molecule has 4 aromatic rings. The molecule has 0 saturated carbocycles. The number of nitrogens with zero attached hydrogens (tertiary/aromatic N) is 3. The lowest BCUT2D eigenvalue weighted by atomic mass is 9.83. The van der Waals surface area contributed by atoms with Crippen molar-refractivity contribution in [3.05, 3.63) is 52.6 Å². The Labute approximate surface area is 221 Å². The van der Waals surface area contributed by atoms with E-state index in [0.29, 0.717) is 46.1 Å². The predicted octanol–water partition coefficient (Wildman–Crippen LogP) is 4.47.